The molecule has 0 radical (unpaired) electrons. The van der Waals surface area contributed by atoms with Gasteiger partial charge in [0.2, 0.25) is 0 Å². The van der Waals surface area contributed by atoms with Crippen molar-refractivity contribution in [2.45, 2.75) is 12.4 Å². The van der Waals surface area contributed by atoms with Crippen molar-refractivity contribution < 1.29 is 36.6 Å². The maximum atomic E-state index is 12.8. The minimum atomic E-state index is -4.83. The molecule has 0 amide bonds. The molecule has 124 valence electrons. The second kappa shape index (κ2) is 5.25. The smallest absolute Gasteiger partial charge is 0.416 e. The van der Waals surface area contributed by atoms with Crippen LogP contribution in [0.3, 0.4) is 0 Å². The predicted molar refractivity (Wildman–Crippen MR) is 69.6 cm³/mol. The topological polar surface area (TPSA) is 66.5 Å². The minimum Gasteiger partial charge on any atom is -0.508 e. The first-order chi connectivity index (χ1) is 10.4. The molecule has 0 unspecified atom stereocenters. The summed E-state index contributed by atoms with van der Waals surface area (Å²) in [5.41, 5.74) is 1.50. The van der Waals surface area contributed by atoms with Gasteiger partial charge in [0, 0.05) is 5.56 Å². The Labute approximate surface area is 125 Å². The Balaban J connectivity index is 2.72. The van der Waals surface area contributed by atoms with Gasteiger partial charge in [0.25, 0.3) is 0 Å². The highest BCUT2D eigenvalue weighted by Gasteiger charge is 2.34. The molecule has 4 N–H and O–H groups in total. The fraction of sp³-hybridized carbons (Fsp3) is 0.143. The number of aromatic hydroxyl groups is 2. The standard InChI is InChI=1S/C14H9F6NO2/c15-13(16,17)7-1-6(2-9(22)3-7)10-4-8(14(18,19)20)5-11(23)12(10)21/h1-5,22-23H,21H2. The molecule has 3 nitrogen and oxygen atoms in total. The first kappa shape index (κ1) is 16.8. The van der Waals surface area contributed by atoms with Crippen LogP contribution in [-0.4, -0.2) is 10.2 Å². The number of hydrogen-bond donors (Lipinski definition) is 3. The molecule has 2 rings (SSSR count). The monoisotopic (exact) mass is 337 g/mol. The van der Waals surface area contributed by atoms with Crippen LogP contribution in [0.4, 0.5) is 32.0 Å². The maximum absolute atomic E-state index is 12.8. The summed E-state index contributed by atoms with van der Waals surface area (Å²) in [6, 6.07) is 2.65. The molecule has 23 heavy (non-hydrogen) atoms. The van der Waals surface area contributed by atoms with Crippen molar-refractivity contribution in [3.63, 3.8) is 0 Å². The first-order valence-corrected chi connectivity index (χ1v) is 6.01. The molecule has 0 aliphatic heterocycles. The second-order valence-corrected chi connectivity index (χ2v) is 4.72. The second-order valence-electron chi connectivity index (χ2n) is 4.72. The minimum absolute atomic E-state index is 0.367. The number of alkyl halides is 6. The number of anilines is 1. The molecule has 0 bridgehead atoms. The predicted octanol–water partition coefficient (Wildman–Crippen LogP) is 4.38. The molecule has 2 aromatic rings. The summed E-state index contributed by atoms with van der Waals surface area (Å²) >= 11 is 0. The molecule has 0 fully saturated rings. The van der Waals surface area contributed by atoms with E-state index < -0.39 is 51.8 Å². The molecule has 0 saturated heterocycles. The quantitative estimate of drug-likeness (QED) is 0.411. The molecule has 0 saturated carbocycles. The van der Waals surface area contributed by atoms with E-state index >= 15 is 0 Å². The van der Waals surface area contributed by atoms with E-state index in [4.69, 9.17) is 5.73 Å². The van der Waals surface area contributed by atoms with Crippen molar-refractivity contribution in [1.82, 2.24) is 0 Å². The molecular weight excluding hydrogens is 328 g/mol. The van der Waals surface area contributed by atoms with E-state index in [0.717, 1.165) is 6.07 Å². The fourth-order valence-electron chi connectivity index (χ4n) is 1.97. The van der Waals surface area contributed by atoms with Crippen molar-refractivity contribution >= 4 is 5.69 Å². The fourth-order valence-corrected chi connectivity index (χ4v) is 1.97. The van der Waals surface area contributed by atoms with Crippen LogP contribution < -0.4 is 5.73 Å². The maximum Gasteiger partial charge on any atom is 0.416 e. The highest BCUT2D eigenvalue weighted by atomic mass is 19.4. The van der Waals surface area contributed by atoms with Crippen LogP contribution in [0.15, 0.2) is 30.3 Å². The average Bonchev–Trinajstić information content (AvgIpc) is 2.38. The molecule has 0 atom stereocenters. The number of phenols is 2. The van der Waals surface area contributed by atoms with Crippen LogP contribution >= 0.6 is 0 Å². The van der Waals surface area contributed by atoms with Gasteiger partial charge in [-0.1, -0.05) is 0 Å². The molecule has 0 spiro atoms. The third-order valence-electron chi connectivity index (χ3n) is 3.04. The molecule has 9 heteroatoms. The van der Waals surface area contributed by atoms with E-state index in [1.807, 2.05) is 0 Å². The van der Waals surface area contributed by atoms with Gasteiger partial charge in [0.1, 0.15) is 11.5 Å². The van der Waals surface area contributed by atoms with E-state index in [1.54, 1.807) is 0 Å². The zero-order chi connectivity index (χ0) is 17.6. The van der Waals surface area contributed by atoms with E-state index in [9.17, 15) is 36.6 Å². The lowest BCUT2D eigenvalue weighted by molar-refractivity contribution is -0.138. The summed E-state index contributed by atoms with van der Waals surface area (Å²) in [5, 5.41) is 18.9. The number of nitrogen functional groups attached to an aromatic ring is 1. The van der Waals surface area contributed by atoms with Crippen molar-refractivity contribution in [2.24, 2.45) is 0 Å². The molecule has 0 heterocycles. The lowest BCUT2D eigenvalue weighted by Gasteiger charge is -2.15. The largest absolute Gasteiger partial charge is 0.508 e. The number of rotatable bonds is 1. The number of phenolic OH excluding ortho intramolecular Hbond substituents is 2. The van der Waals surface area contributed by atoms with Gasteiger partial charge in [-0.15, -0.1) is 0 Å². The Bertz CT molecular complexity index is 752. The number of benzene rings is 2. The van der Waals surface area contributed by atoms with Crippen molar-refractivity contribution in [1.29, 1.82) is 0 Å². The summed E-state index contributed by atoms with van der Waals surface area (Å²) < 4.78 is 76.5. The number of halogens is 6. The zero-order valence-corrected chi connectivity index (χ0v) is 11.1. The van der Waals surface area contributed by atoms with Crippen molar-refractivity contribution in [3.05, 3.63) is 41.5 Å². The van der Waals surface area contributed by atoms with E-state index in [0.29, 0.717) is 24.3 Å². The molecule has 0 aromatic heterocycles. The summed E-state index contributed by atoms with van der Waals surface area (Å²) in [7, 11) is 0. The Hall–Kier alpha value is -2.58. The van der Waals surface area contributed by atoms with E-state index in [2.05, 4.69) is 0 Å². The third kappa shape index (κ3) is 3.43. The van der Waals surface area contributed by atoms with E-state index in [-0.39, 0.29) is 0 Å². The van der Waals surface area contributed by atoms with Gasteiger partial charge in [0.05, 0.1) is 16.8 Å². The highest BCUT2D eigenvalue weighted by molar-refractivity contribution is 5.82. The van der Waals surface area contributed by atoms with E-state index in [1.165, 1.54) is 0 Å². The SMILES string of the molecule is Nc1c(O)cc(C(F)(F)F)cc1-c1cc(O)cc(C(F)(F)F)c1. The summed E-state index contributed by atoms with van der Waals surface area (Å²) in [6.07, 6.45) is -9.64. The van der Waals surface area contributed by atoms with Gasteiger partial charge in [-0.25, -0.2) is 0 Å². The third-order valence-corrected chi connectivity index (χ3v) is 3.04. The Morgan fingerprint density at radius 1 is 0.739 bits per heavy atom. The van der Waals surface area contributed by atoms with Gasteiger partial charge in [0.15, 0.2) is 0 Å². The Morgan fingerprint density at radius 2 is 1.26 bits per heavy atom. The highest BCUT2D eigenvalue weighted by Crippen LogP contribution is 2.42. The lowest BCUT2D eigenvalue weighted by atomic mass is 9.98. The van der Waals surface area contributed by atoms with Crippen LogP contribution in [-0.2, 0) is 12.4 Å². The van der Waals surface area contributed by atoms with Gasteiger partial charge in [-0.2, -0.15) is 26.3 Å². The molecule has 0 aliphatic carbocycles. The van der Waals surface area contributed by atoms with Crippen LogP contribution in [0.5, 0.6) is 11.5 Å². The van der Waals surface area contributed by atoms with Gasteiger partial charge < -0.3 is 15.9 Å². The molecular formula is C14H9F6NO2. The van der Waals surface area contributed by atoms with Crippen LogP contribution in [0.25, 0.3) is 11.1 Å². The number of hydrogen-bond acceptors (Lipinski definition) is 3. The van der Waals surface area contributed by atoms with Crippen molar-refractivity contribution in [3.8, 4) is 22.6 Å². The van der Waals surface area contributed by atoms with Gasteiger partial charge in [-0.3, -0.25) is 0 Å². The first-order valence-electron chi connectivity index (χ1n) is 6.01. The normalized spacial score (nSPS) is 12.4. The van der Waals surface area contributed by atoms with Crippen LogP contribution in [0, 0.1) is 0 Å². The van der Waals surface area contributed by atoms with Crippen LogP contribution in [0.2, 0.25) is 0 Å². The number of nitrogens with two attached hydrogens (primary N) is 1. The Morgan fingerprint density at radius 3 is 1.78 bits per heavy atom. The molecule has 2 aromatic carbocycles. The van der Waals surface area contributed by atoms with Crippen LogP contribution in [0.1, 0.15) is 11.1 Å². The summed E-state index contributed by atoms with van der Waals surface area (Å²) in [6.45, 7) is 0. The molecule has 0 aliphatic rings. The average molecular weight is 337 g/mol. The zero-order valence-electron chi connectivity index (χ0n) is 11.1. The lowest BCUT2D eigenvalue weighted by Crippen LogP contribution is -2.07. The summed E-state index contributed by atoms with van der Waals surface area (Å²) in [5.74, 6) is -1.72. The summed E-state index contributed by atoms with van der Waals surface area (Å²) in [4.78, 5) is 0. The van der Waals surface area contributed by atoms with Gasteiger partial charge >= 0.3 is 12.4 Å². The van der Waals surface area contributed by atoms with Gasteiger partial charge in [-0.05, 0) is 35.9 Å². The Kier molecular flexibility index (Phi) is 3.83. The van der Waals surface area contributed by atoms with Crippen molar-refractivity contribution in [2.75, 3.05) is 5.73 Å².